The first-order valence-corrected chi connectivity index (χ1v) is 7.44. The Hall–Kier alpha value is 0.0249. The van der Waals surface area contributed by atoms with Crippen molar-refractivity contribution in [1.82, 2.24) is 0 Å². The lowest BCUT2D eigenvalue weighted by molar-refractivity contribution is 0.490. The first-order valence-electron chi connectivity index (χ1n) is 7.44. The van der Waals surface area contributed by atoms with E-state index in [2.05, 4.69) is 20.8 Å². The molecule has 0 fully saturated rings. The van der Waals surface area contributed by atoms with Gasteiger partial charge in [0.05, 0.1) is 0 Å². The summed E-state index contributed by atoms with van der Waals surface area (Å²) >= 11 is 0. The van der Waals surface area contributed by atoms with E-state index in [0.717, 1.165) is 6.32 Å². The first-order chi connectivity index (χ1) is 7.76. The molecule has 0 aliphatic carbocycles. The monoisotopic (exact) mass is 226 g/mol. The topological polar surface area (TPSA) is 20.2 Å². The highest BCUT2D eigenvalue weighted by Crippen LogP contribution is 2.27. The van der Waals surface area contributed by atoms with Crippen molar-refractivity contribution in [2.24, 2.45) is 0 Å². The van der Waals surface area contributed by atoms with E-state index in [-0.39, 0.29) is 6.92 Å². The third-order valence-corrected chi connectivity index (χ3v) is 3.50. The highest BCUT2D eigenvalue weighted by Gasteiger charge is 2.22. The molecule has 16 heavy (non-hydrogen) atoms. The van der Waals surface area contributed by atoms with Gasteiger partial charge in [0.2, 0.25) is 0 Å². The Kier molecular flexibility index (Phi) is 11.5. The Labute approximate surface area is 103 Å². The summed E-state index contributed by atoms with van der Waals surface area (Å²) in [5.41, 5.74) is 0. The van der Waals surface area contributed by atoms with Crippen LogP contribution in [0.3, 0.4) is 0 Å². The van der Waals surface area contributed by atoms with Crippen LogP contribution in [0.1, 0.15) is 78.6 Å². The molecule has 1 nitrogen and oxygen atoms in total. The molecule has 0 radical (unpaired) electrons. The summed E-state index contributed by atoms with van der Waals surface area (Å²) < 4.78 is 0. The average Bonchev–Trinajstić information content (AvgIpc) is 2.29. The highest BCUT2D eigenvalue weighted by atomic mass is 16.2. The van der Waals surface area contributed by atoms with E-state index in [1.165, 1.54) is 57.8 Å². The number of hydrogen-bond acceptors (Lipinski definition) is 1. The van der Waals surface area contributed by atoms with Crippen LogP contribution < -0.4 is 0 Å². The molecule has 0 amide bonds. The van der Waals surface area contributed by atoms with Crippen molar-refractivity contribution >= 4 is 6.92 Å². The Bertz CT molecular complexity index is 131. The SMILES string of the molecule is CCCCCB(O)C(CCCC)CCCC. The van der Waals surface area contributed by atoms with E-state index in [0.29, 0.717) is 5.82 Å². The summed E-state index contributed by atoms with van der Waals surface area (Å²) in [6, 6.07) is 0. The fraction of sp³-hybridized carbons (Fsp3) is 1.00. The molecule has 0 aromatic rings. The van der Waals surface area contributed by atoms with Crippen LogP contribution in [-0.4, -0.2) is 11.9 Å². The number of unbranched alkanes of at least 4 members (excludes halogenated alkanes) is 4. The van der Waals surface area contributed by atoms with Gasteiger partial charge in [-0.05, 0) is 12.1 Å². The van der Waals surface area contributed by atoms with Gasteiger partial charge in [-0.2, -0.15) is 0 Å². The summed E-state index contributed by atoms with van der Waals surface area (Å²) in [5.74, 6) is 0.566. The van der Waals surface area contributed by atoms with E-state index >= 15 is 0 Å². The molecule has 0 aromatic heterocycles. The lowest BCUT2D eigenvalue weighted by atomic mass is 9.50. The van der Waals surface area contributed by atoms with Crippen LogP contribution in [0.15, 0.2) is 0 Å². The maximum absolute atomic E-state index is 10.2. The van der Waals surface area contributed by atoms with Crippen LogP contribution in [0.5, 0.6) is 0 Å². The summed E-state index contributed by atoms with van der Waals surface area (Å²) in [6.07, 6.45) is 12.3. The van der Waals surface area contributed by atoms with Gasteiger partial charge in [0, 0.05) is 0 Å². The highest BCUT2D eigenvalue weighted by molar-refractivity contribution is 6.52. The fourth-order valence-electron chi connectivity index (χ4n) is 2.30. The van der Waals surface area contributed by atoms with Crippen molar-refractivity contribution in [1.29, 1.82) is 0 Å². The molecule has 96 valence electrons. The van der Waals surface area contributed by atoms with E-state index < -0.39 is 0 Å². The second-order valence-corrected chi connectivity index (χ2v) is 5.11. The maximum atomic E-state index is 10.2. The molecule has 1 N–H and O–H groups in total. The number of hydrogen-bond donors (Lipinski definition) is 1. The minimum absolute atomic E-state index is 0.0374. The van der Waals surface area contributed by atoms with Gasteiger partial charge >= 0.3 is 0 Å². The zero-order chi connectivity index (χ0) is 12.2. The fourth-order valence-corrected chi connectivity index (χ4v) is 2.30. The predicted molar refractivity (Wildman–Crippen MR) is 75.1 cm³/mol. The summed E-state index contributed by atoms with van der Waals surface area (Å²) in [7, 11) is 0. The van der Waals surface area contributed by atoms with E-state index in [9.17, 15) is 5.02 Å². The third kappa shape index (κ3) is 8.21. The van der Waals surface area contributed by atoms with E-state index in [1.807, 2.05) is 0 Å². The Balaban J connectivity index is 3.83. The van der Waals surface area contributed by atoms with Crippen LogP contribution in [0.2, 0.25) is 12.1 Å². The van der Waals surface area contributed by atoms with Gasteiger partial charge < -0.3 is 5.02 Å². The van der Waals surface area contributed by atoms with Crippen LogP contribution in [0, 0.1) is 0 Å². The molecule has 0 aliphatic rings. The van der Waals surface area contributed by atoms with Gasteiger partial charge in [-0.1, -0.05) is 78.6 Å². The Morgan fingerprint density at radius 3 is 1.75 bits per heavy atom. The summed E-state index contributed by atoms with van der Waals surface area (Å²) in [4.78, 5) is 0. The first kappa shape index (κ1) is 16.0. The summed E-state index contributed by atoms with van der Waals surface area (Å²) in [5, 5.41) is 10.2. The number of rotatable bonds is 11. The molecular formula is C14H31BO. The second kappa shape index (κ2) is 11.5. The van der Waals surface area contributed by atoms with Gasteiger partial charge in [-0.3, -0.25) is 0 Å². The smallest absolute Gasteiger partial charge is 0.292 e. The van der Waals surface area contributed by atoms with Crippen molar-refractivity contribution in [3.05, 3.63) is 0 Å². The van der Waals surface area contributed by atoms with E-state index in [4.69, 9.17) is 0 Å². The molecule has 0 atom stereocenters. The van der Waals surface area contributed by atoms with Crippen molar-refractivity contribution in [3.8, 4) is 0 Å². The van der Waals surface area contributed by atoms with Crippen LogP contribution in [-0.2, 0) is 0 Å². The second-order valence-electron chi connectivity index (χ2n) is 5.11. The van der Waals surface area contributed by atoms with Gasteiger partial charge in [0.15, 0.2) is 0 Å². The normalized spacial score (nSPS) is 11.1. The zero-order valence-electron chi connectivity index (χ0n) is 11.7. The molecule has 2 heteroatoms. The molecular weight excluding hydrogens is 195 g/mol. The maximum Gasteiger partial charge on any atom is 0.292 e. The zero-order valence-corrected chi connectivity index (χ0v) is 11.7. The minimum Gasteiger partial charge on any atom is -0.450 e. The van der Waals surface area contributed by atoms with Crippen molar-refractivity contribution in [2.45, 2.75) is 90.7 Å². The molecule has 0 aliphatic heterocycles. The summed E-state index contributed by atoms with van der Waals surface area (Å²) in [6.45, 7) is 6.66. The van der Waals surface area contributed by atoms with Gasteiger partial charge in [0.1, 0.15) is 0 Å². The van der Waals surface area contributed by atoms with Crippen molar-refractivity contribution in [2.75, 3.05) is 0 Å². The predicted octanol–water partition coefficient (Wildman–Crippen LogP) is 4.91. The molecule has 0 saturated carbocycles. The third-order valence-electron chi connectivity index (χ3n) is 3.50. The largest absolute Gasteiger partial charge is 0.450 e. The van der Waals surface area contributed by atoms with Crippen molar-refractivity contribution in [3.63, 3.8) is 0 Å². The van der Waals surface area contributed by atoms with E-state index in [1.54, 1.807) is 0 Å². The standard InChI is InChI=1S/C14H31BO/c1-4-7-10-13-15(16)14(11-8-5-2)12-9-6-3/h14,16H,4-13H2,1-3H3. The Morgan fingerprint density at radius 2 is 1.31 bits per heavy atom. The average molecular weight is 226 g/mol. The molecule has 0 bridgehead atoms. The minimum atomic E-state index is -0.0374. The van der Waals surface area contributed by atoms with Crippen molar-refractivity contribution < 1.29 is 5.02 Å². The molecule has 0 heterocycles. The lowest BCUT2D eigenvalue weighted by Gasteiger charge is -2.19. The molecule has 0 rings (SSSR count). The molecule has 0 aromatic carbocycles. The quantitative estimate of drug-likeness (QED) is 0.392. The van der Waals surface area contributed by atoms with Crippen LogP contribution >= 0.6 is 0 Å². The van der Waals surface area contributed by atoms with Crippen LogP contribution in [0.25, 0.3) is 0 Å². The molecule has 0 saturated heterocycles. The molecule has 0 unspecified atom stereocenters. The van der Waals surface area contributed by atoms with Gasteiger partial charge in [-0.15, -0.1) is 0 Å². The Morgan fingerprint density at radius 1 is 0.812 bits per heavy atom. The lowest BCUT2D eigenvalue weighted by Crippen LogP contribution is -2.20. The van der Waals surface area contributed by atoms with Gasteiger partial charge in [-0.25, -0.2) is 0 Å². The molecule has 0 spiro atoms. The van der Waals surface area contributed by atoms with Crippen LogP contribution in [0.4, 0.5) is 0 Å². The van der Waals surface area contributed by atoms with Gasteiger partial charge in [0.25, 0.3) is 6.92 Å².